The summed E-state index contributed by atoms with van der Waals surface area (Å²) in [5, 5.41) is 7.69. The normalized spacial score (nSPS) is 11.1. The highest BCUT2D eigenvalue weighted by Gasteiger charge is 2.01. The van der Waals surface area contributed by atoms with Gasteiger partial charge in [-0.05, 0) is 31.7 Å². The first kappa shape index (κ1) is 23.8. The summed E-state index contributed by atoms with van der Waals surface area (Å²) in [7, 11) is 0. The van der Waals surface area contributed by atoms with Gasteiger partial charge in [0.25, 0.3) is 0 Å². The zero-order chi connectivity index (χ0) is 18.5. The SMILES string of the molecule is CCNC(=NCc1ncc(CC)s1)NCCCOCCc1ccccc1.I. The maximum absolute atomic E-state index is 5.72. The highest BCUT2D eigenvalue weighted by atomic mass is 127. The molecule has 0 atom stereocenters. The Balaban J connectivity index is 0.00000364. The van der Waals surface area contributed by atoms with Gasteiger partial charge >= 0.3 is 0 Å². The highest BCUT2D eigenvalue weighted by Crippen LogP contribution is 2.13. The van der Waals surface area contributed by atoms with Crippen molar-refractivity contribution in [3.8, 4) is 0 Å². The maximum atomic E-state index is 5.72. The first-order valence-corrected chi connectivity index (χ1v) is 10.2. The number of thiazole rings is 1. The van der Waals surface area contributed by atoms with Crippen molar-refractivity contribution in [1.82, 2.24) is 15.6 Å². The minimum atomic E-state index is 0. The summed E-state index contributed by atoms with van der Waals surface area (Å²) in [4.78, 5) is 10.3. The lowest BCUT2D eigenvalue weighted by atomic mass is 10.2. The van der Waals surface area contributed by atoms with Crippen LogP contribution in [0.5, 0.6) is 0 Å². The third-order valence-corrected chi connectivity index (χ3v) is 4.93. The number of nitrogens with one attached hydrogen (secondary N) is 2. The van der Waals surface area contributed by atoms with E-state index in [1.165, 1.54) is 10.4 Å². The number of hydrogen-bond acceptors (Lipinski definition) is 4. The Morgan fingerprint density at radius 2 is 1.96 bits per heavy atom. The molecule has 0 amide bonds. The molecule has 150 valence electrons. The molecule has 2 aromatic rings. The number of hydrogen-bond donors (Lipinski definition) is 2. The Morgan fingerprint density at radius 1 is 1.15 bits per heavy atom. The fourth-order valence-corrected chi connectivity index (χ4v) is 3.18. The van der Waals surface area contributed by atoms with Crippen molar-refractivity contribution < 1.29 is 4.74 Å². The lowest BCUT2D eigenvalue weighted by Gasteiger charge is -2.11. The predicted octanol–water partition coefficient (Wildman–Crippen LogP) is 4.03. The zero-order valence-corrected chi connectivity index (χ0v) is 19.4. The third kappa shape index (κ3) is 10.1. The van der Waals surface area contributed by atoms with E-state index in [1.807, 2.05) is 12.3 Å². The van der Waals surface area contributed by atoms with E-state index in [4.69, 9.17) is 4.74 Å². The van der Waals surface area contributed by atoms with Crippen molar-refractivity contribution in [2.75, 3.05) is 26.3 Å². The Hall–Kier alpha value is -1.19. The fourth-order valence-electron chi connectivity index (χ4n) is 2.39. The smallest absolute Gasteiger partial charge is 0.191 e. The molecule has 0 unspecified atom stereocenters. The molecule has 0 aliphatic heterocycles. The molecule has 0 bridgehead atoms. The second-order valence-electron chi connectivity index (χ2n) is 5.90. The molecule has 1 aromatic carbocycles. The van der Waals surface area contributed by atoms with E-state index in [9.17, 15) is 0 Å². The fraction of sp³-hybridized carbons (Fsp3) is 0.500. The van der Waals surface area contributed by atoms with Crippen molar-refractivity contribution in [2.45, 2.75) is 39.7 Å². The Morgan fingerprint density at radius 3 is 2.67 bits per heavy atom. The zero-order valence-electron chi connectivity index (χ0n) is 16.2. The molecule has 2 rings (SSSR count). The van der Waals surface area contributed by atoms with Gasteiger partial charge in [-0.3, -0.25) is 0 Å². The van der Waals surface area contributed by atoms with Crippen LogP contribution < -0.4 is 10.6 Å². The van der Waals surface area contributed by atoms with Gasteiger partial charge in [-0.15, -0.1) is 35.3 Å². The molecule has 0 spiro atoms. The summed E-state index contributed by atoms with van der Waals surface area (Å²) >= 11 is 1.73. The number of benzene rings is 1. The minimum Gasteiger partial charge on any atom is -0.381 e. The lowest BCUT2D eigenvalue weighted by molar-refractivity contribution is 0.135. The molecule has 0 radical (unpaired) electrons. The van der Waals surface area contributed by atoms with Gasteiger partial charge in [-0.2, -0.15) is 0 Å². The number of guanidine groups is 1. The number of aromatic nitrogens is 1. The topological polar surface area (TPSA) is 58.5 Å². The second kappa shape index (κ2) is 14.8. The average molecular weight is 502 g/mol. The van der Waals surface area contributed by atoms with E-state index in [0.717, 1.165) is 56.5 Å². The van der Waals surface area contributed by atoms with Gasteiger partial charge in [0.2, 0.25) is 0 Å². The van der Waals surface area contributed by atoms with Crippen molar-refractivity contribution in [3.05, 3.63) is 52.0 Å². The number of nitrogens with zero attached hydrogens (tertiary/aromatic N) is 2. The molecule has 0 saturated heterocycles. The number of halogens is 1. The summed E-state index contributed by atoms with van der Waals surface area (Å²) in [5.74, 6) is 0.838. The van der Waals surface area contributed by atoms with E-state index < -0.39 is 0 Å². The monoisotopic (exact) mass is 502 g/mol. The first-order valence-electron chi connectivity index (χ1n) is 9.39. The van der Waals surface area contributed by atoms with Gasteiger partial charge in [-0.25, -0.2) is 9.98 Å². The summed E-state index contributed by atoms with van der Waals surface area (Å²) < 4.78 is 5.72. The van der Waals surface area contributed by atoms with Gasteiger partial charge in [0.05, 0.1) is 13.2 Å². The van der Waals surface area contributed by atoms with Gasteiger partial charge in [-0.1, -0.05) is 37.3 Å². The van der Waals surface area contributed by atoms with Crippen LogP contribution >= 0.6 is 35.3 Å². The molecule has 7 heteroatoms. The van der Waals surface area contributed by atoms with Crippen LogP contribution in [0.15, 0.2) is 41.5 Å². The molecular weight excluding hydrogens is 471 g/mol. The van der Waals surface area contributed by atoms with Crippen LogP contribution in [0.4, 0.5) is 0 Å². The van der Waals surface area contributed by atoms with Gasteiger partial charge in [0, 0.05) is 30.8 Å². The molecule has 27 heavy (non-hydrogen) atoms. The van der Waals surface area contributed by atoms with E-state index >= 15 is 0 Å². The molecule has 0 aliphatic carbocycles. The number of aryl methyl sites for hydroxylation is 1. The number of aliphatic imine (C=N–C) groups is 1. The van der Waals surface area contributed by atoms with Crippen LogP contribution in [0.25, 0.3) is 0 Å². The molecule has 1 aromatic heterocycles. The molecule has 0 aliphatic rings. The van der Waals surface area contributed by atoms with Crippen molar-refractivity contribution in [3.63, 3.8) is 0 Å². The summed E-state index contributed by atoms with van der Waals surface area (Å²) in [5.41, 5.74) is 1.32. The summed E-state index contributed by atoms with van der Waals surface area (Å²) in [6.07, 6.45) is 4.90. The number of ether oxygens (including phenoxy) is 1. The molecule has 5 nitrogen and oxygen atoms in total. The third-order valence-electron chi connectivity index (χ3n) is 3.80. The Labute approximate surface area is 184 Å². The van der Waals surface area contributed by atoms with Crippen molar-refractivity contribution in [1.29, 1.82) is 0 Å². The maximum Gasteiger partial charge on any atom is 0.191 e. The lowest BCUT2D eigenvalue weighted by Crippen LogP contribution is -2.38. The van der Waals surface area contributed by atoms with Crippen LogP contribution in [0.2, 0.25) is 0 Å². The van der Waals surface area contributed by atoms with E-state index in [2.05, 4.69) is 58.7 Å². The van der Waals surface area contributed by atoms with Gasteiger partial charge in [0.1, 0.15) is 5.01 Å². The first-order chi connectivity index (χ1) is 12.8. The molecule has 2 N–H and O–H groups in total. The molecular formula is C20H31IN4OS. The van der Waals surface area contributed by atoms with E-state index in [-0.39, 0.29) is 24.0 Å². The molecule has 0 fully saturated rings. The summed E-state index contributed by atoms with van der Waals surface area (Å²) in [6, 6.07) is 10.4. The average Bonchev–Trinajstić information content (AvgIpc) is 3.14. The van der Waals surface area contributed by atoms with Crippen LogP contribution in [-0.4, -0.2) is 37.2 Å². The predicted molar refractivity (Wildman–Crippen MR) is 125 cm³/mol. The second-order valence-corrected chi connectivity index (χ2v) is 7.10. The molecule has 0 saturated carbocycles. The Bertz CT molecular complexity index is 648. The highest BCUT2D eigenvalue weighted by molar-refractivity contribution is 14.0. The summed E-state index contributed by atoms with van der Waals surface area (Å²) in [6.45, 7) is 8.05. The van der Waals surface area contributed by atoms with Crippen LogP contribution in [0.1, 0.15) is 35.7 Å². The molecule has 1 heterocycles. The van der Waals surface area contributed by atoms with Crippen molar-refractivity contribution >= 4 is 41.3 Å². The largest absolute Gasteiger partial charge is 0.381 e. The minimum absolute atomic E-state index is 0. The van der Waals surface area contributed by atoms with Crippen LogP contribution in [0.3, 0.4) is 0 Å². The standard InChI is InChI=1S/C20H30N4OS.HI/c1-3-18-15-23-19(26-18)16-24-20(21-4-2)22-12-8-13-25-14-11-17-9-6-5-7-10-17;/h5-7,9-10,15H,3-4,8,11-14,16H2,1-2H3,(H2,21,22,24);1H. The van der Waals surface area contributed by atoms with Crippen LogP contribution in [-0.2, 0) is 24.1 Å². The van der Waals surface area contributed by atoms with Crippen molar-refractivity contribution in [2.24, 2.45) is 4.99 Å². The number of rotatable bonds is 11. The Kier molecular flexibility index (Phi) is 13.1. The van der Waals surface area contributed by atoms with E-state index in [0.29, 0.717) is 6.54 Å². The van der Waals surface area contributed by atoms with Gasteiger partial charge in [0.15, 0.2) is 5.96 Å². The quantitative estimate of drug-likeness (QED) is 0.211. The van der Waals surface area contributed by atoms with E-state index in [1.54, 1.807) is 11.3 Å². The van der Waals surface area contributed by atoms with Gasteiger partial charge < -0.3 is 15.4 Å². The van der Waals surface area contributed by atoms with Crippen LogP contribution in [0, 0.1) is 0 Å².